The number of hydrogen-bond acceptors (Lipinski definition) is 4. The first-order valence-corrected chi connectivity index (χ1v) is 6.93. The van der Waals surface area contributed by atoms with E-state index in [4.69, 9.17) is 10.7 Å². The second-order valence-electron chi connectivity index (χ2n) is 5.22. The van der Waals surface area contributed by atoms with E-state index >= 15 is 0 Å². The lowest BCUT2D eigenvalue weighted by Gasteiger charge is -2.29. The molecule has 4 heteroatoms. The van der Waals surface area contributed by atoms with Crippen LogP contribution in [0.2, 0.25) is 0 Å². The van der Waals surface area contributed by atoms with Gasteiger partial charge in [0.2, 0.25) is 0 Å². The van der Waals surface area contributed by atoms with Crippen LogP contribution in [-0.2, 0) is 12.8 Å². The molecule has 1 aromatic rings. The van der Waals surface area contributed by atoms with Crippen LogP contribution in [0, 0.1) is 0 Å². The number of likely N-dealkylation sites (N-methyl/N-ethyl adjacent to an activating group) is 1. The van der Waals surface area contributed by atoms with Crippen LogP contribution in [0.3, 0.4) is 0 Å². The molecular formula is C12H19N3S. The standard InChI is InChI=1S/C12H19N3S/c1-7(13)5-11-14-9-6-8-3-4-10(15(8)2)12(9)16-11/h7-8,10H,3-6,13H2,1-2H3. The van der Waals surface area contributed by atoms with Gasteiger partial charge in [0.15, 0.2) is 0 Å². The lowest BCUT2D eigenvalue weighted by molar-refractivity contribution is 0.226. The van der Waals surface area contributed by atoms with Gasteiger partial charge in [-0.05, 0) is 26.8 Å². The van der Waals surface area contributed by atoms with Crippen molar-refractivity contribution in [2.24, 2.45) is 5.73 Å². The molecule has 0 spiro atoms. The number of nitrogens with two attached hydrogens (primary N) is 1. The number of thiazole rings is 1. The Balaban J connectivity index is 1.91. The molecule has 2 bridgehead atoms. The molecule has 88 valence electrons. The third-order valence-corrected chi connectivity index (χ3v) is 5.06. The van der Waals surface area contributed by atoms with Gasteiger partial charge in [0.05, 0.1) is 10.7 Å². The summed E-state index contributed by atoms with van der Waals surface area (Å²) in [6.07, 6.45) is 4.73. The van der Waals surface area contributed by atoms with E-state index in [1.54, 1.807) is 0 Å². The van der Waals surface area contributed by atoms with Crippen LogP contribution in [0.25, 0.3) is 0 Å². The quantitative estimate of drug-likeness (QED) is 0.851. The van der Waals surface area contributed by atoms with Gasteiger partial charge in [-0.15, -0.1) is 11.3 Å². The van der Waals surface area contributed by atoms with Gasteiger partial charge in [-0.3, -0.25) is 4.90 Å². The maximum atomic E-state index is 5.84. The smallest absolute Gasteiger partial charge is 0.0947 e. The van der Waals surface area contributed by atoms with Crippen LogP contribution in [0.15, 0.2) is 0 Å². The van der Waals surface area contributed by atoms with Crippen LogP contribution in [0.1, 0.15) is 41.4 Å². The summed E-state index contributed by atoms with van der Waals surface area (Å²) in [5.74, 6) is 0. The summed E-state index contributed by atoms with van der Waals surface area (Å²) in [4.78, 5) is 8.84. The number of hydrogen-bond donors (Lipinski definition) is 1. The Labute approximate surface area is 101 Å². The molecule has 0 aromatic carbocycles. The molecule has 3 heterocycles. The third kappa shape index (κ3) is 1.60. The number of nitrogens with zero attached hydrogens (tertiary/aromatic N) is 2. The van der Waals surface area contributed by atoms with Crippen molar-refractivity contribution in [3.63, 3.8) is 0 Å². The first kappa shape index (κ1) is 10.7. The topological polar surface area (TPSA) is 42.1 Å². The van der Waals surface area contributed by atoms with Crippen molar-refractivity contribution in [1.29, 1.82) is 0 Å². The van der Waals surface area contributed by atoms with Crippen molar-refractivity contribution in [2.75, 3.05) is 7.05 Å². The Hall–Kier alpha value is -0.450. The van der Waals surface area contributed by atoms with Crippen LogP contribution in [-0.4, -0.2) is 29.0 Å². The molecule has 0 aliphatic carbocycles. The average Bonchev–Trinajstić information content (AvgIpc) is 2.68. The van der Waals surface area contributed by atoms with Crippen LogP contribution < -0.4 is 5.73 Å². The molecule has 3 unspecified atom stereocenters. The lowest BCUT2D eigenvalue weighted by Crippen LogP contribution is -2.33. The zero-order valence-electron chi connectivity index (χ0n) is 9.94. The molecule has 0 radical (unpaired) electrons. The summed E-state index contributed by atoms with van der Waals surface area (Å²) in [7, 11) is 2.26. The Morgan fingerprint density at radius 1 is 1.56 bits per heavy atom. The number of rotatable bonds is 2. The van der Waals surface area contributed by atoms with Crippen molar-refractivity contribution < 1.29 is 0 Å². The summed E-state index contributed by atoms with van der Waals surface area (Å²) < 4.78 is 0. The highest BCUT2D eigenvalue weighted by Gasteiger charge is 2.39. The fourth-order valence-corrected chi connectivity index (χ4v) is 4.40. The van der Waals surface area contributed by atoms with Crippen molar-refractivity contribution >= 4 is 11.3 Å². The second-order valence-corrected chi connectivity index (χ2v) is 6.33. The molecule has 3 atom stereocenters. The maximum absolute atomic E-state index is 5.84. The van der Waals surface area contributed by atoms with E-state index in [1.165, 1.54) is 28.4 Å². The summed E-state index contributed by atoms with van der Waals surface area (Å²) in [6.45, 7) is 2.05. The van der Waals surface area contributed by atoms with E-state index in [0.29, 0.717) is 6.04 Å². The van der Waals surface area contributed by atoms with E-state index < -0.39 is 0 Å². The summed E-state index contributed by atoms with van der Waals surface area (Å²) in [5, 5.41) is 1.24. The molecule has 2 N–H and O–H groups in total. The van der Waals surface area contributed by atoms with E-state index in [2.05, 4.69) is 18.9 Å². The highest BCUT2D eigenvalue weighted by molar-refractivity contribution is 7.11. The minimum atomic E-state index is 0.225. The molecule has 3 rings (SSSR count). The SMILES string of the molecule is CC(N)Cc1nc2c(s1)C1CCC(C2)N1C. The molecule has 2 aliphatic rings. The van der Waals surface area contributed by atoms with Gasteiger partial charge in [-0.2, -0.15) is 0 Å². The van der Waals surface area contributed by atoms with Crippen LogP contribution in [0.4, 0.5) is 0 Å². The number of fused-ring (bicyclic) bond motifs is 4. The summed E-state index contributed by atoms with van der Waals surface area (Å²) in [6, 6.07) is 1.61. The predicted octanol–water partition coefficient (Wildman–Crippen LogP) is 1.72. The van der Waals surface area contributed by atoms with Crippen molar-refractivity contribution in [3.8, 4) is 0 Å². The average molecular weight is 237 g/mol. The molecule has 16 heavy (non-hydrogen) atoms. The fourth-order valence-electron chi connectivity index (χ4n) is 2.98. The molecule has 1 aromatic heterocycles. The predicted molar refractivity (Wildman–Crippen MR) is 66.7 cm³/mol. The summed E-state index contributed by atoms with van der Waals surface area (Å²) in [5.41, 5.74) is 7.21. The molecule has 0 amide bonds. The number of aromatic nitrogens is 1. The van der Waals surface area contributed by atoms with Crippen molar-refractivity contribution in [2.45, 2.75) is 50.7 Å². The van der Waals surface area contributed by atoms with Crippen LogP contribution in [0.5, 0.6) is 0 Å². The zero-order valence-corrected chi connectivity index (χ0v) is 10.8. The first-order chi connectivity index (χ1) is 7.65. The van der Waals surface area contributed by atoms with E-state index in [1.807, 2.05) is 11.3 Å². The third-order valence-electron chi connectivity index (χ3n) is 3.84. The fraction of sp³-hybridized carbons (Fsp3) is 0.750. The van der Waals surface area contributed by atoms with E-state index in [-0.39, 0.29) is 6.04 Å². The van der Waals surface area contributed by atoms with Gasteiger partial charge in [0, 0.05) is 35.8 Å². The largest absolute Gasteiger partial charge is 0.328 e. The normalized spacial score (nSPS) is 30.4. The monoisotopic (exact) mass is 237 g/mol. The lowest BCUT2D eigenvalue weighted by atomic mass is 10.1. The van der Waals surface area contributed by atoms with Crippen molar-refractivity contribution in [3.05, 3.63) is 15.6 Å². The Kier molecular flexibility index (Phi) is 2.53. The molecule has 0 saturated carbocycles. The highest BCUT2D eigenvalue weighted by atomic mass is 32.1. The Morgan fingerprint density at radius 2 is 2.38 bits per heavy atom. The van der Waals surface area contributed by atoms with Gasteiger partial charge in [-0.1, -0.05) is 0 Å². The van der Waals surface area contributed by atoms with Gasteiger partial charge < -0.3 is 5.73 Å². The second kappa shape index (κ2) is 3.79. The van der Waals surface area contributed by atoms with Gasteiger partial charge in [0.25, 0.3) is 0 Å². The molecular weight excluding hydrogens is 218 g/mol. The van der Waals surface area contributed by atoms with Crippen molar-refractivity contribution in [1.82, 2.24) is 9.88 Å². The van der Waals surface area contributed by atoms with Crippen LogP contribution >= 0.6 is 11.3 Å². The first-order valence-electron chi connectivity index (χ1n) is 6.11. The summed E-state index contributed by atoms with van der Waals surface area (Å²) >= 11 is 1.89. The van der Waals surface area contributed by atoms with E-state index in [9.17, 15) is 0 Å². The highest BCUT2D eigenvalue weighted by Crippen LogP contribution is 2.44. The minimum absolute atomic E-state index is 0.225. The minimum Gasteiger partial charge on any atom is -0.328 e. The molecule has 2 aliphatic heterocycles. The Bertz CT molecular complexity index is 399. The Morgan fingerprint density at radius 3 is 3.12 bits per heavy atom. The molecule has 1 fully saturated rings. The zero-order chi connectivity index (χ0) is 11.3. The molecule has 3 nitrogen and oxygen atoms in total. The van der Waals surface area contributed by atoms with Gasteiger partial charge in [-0.25, -0.2) is 4.98 Å². The van der Waals surface area contributed by atoms with Gasteiger partial charge >= 0.3 is 0 Å². The van der Waals surface area contributed by atoms with E-state index in [0.717, 1.165) is 18.9 Å². The maximum Gasteiger partial charge on any atom is 0.0947 e. The molecule has 1 saturated heterocycles. The van der Waals surface area contributed by atoms with Gasteiger partial charge in [0.1, 0.15) is 0 Å².